The molecule has 0 amide bonds. The van der Waals surface area contributed by atoms with E-state index >= 15 is 0 Å². The fourth-order valence-corrected chi connectivity index (χ4v) is 3.87. The zero-order valence-electron chi connectivity index (χ0n) is 11.0. The van der Waals surface area contributed by atoms with Crippen LogP contribution in [0.15, 0.2) is 32.3 Å². The Morgan fingerprint density at radius 1 is 0.611 bits per heavy atom. The summed E-state index contributed by atoms with van der Waals surface area (Å²) in [5.74, 6) is 0. The molecule has 2 aliphatic rings. The largest absolute Gasteiger partial charge is 0.0560 e. The predicted octanol–water partition coefficient (Wildman–Crippen LogP) is 6.77. The topological polar surface area (TPSA) is 0 Å². The van der Waals surface area contributed by atoms with Gasteiger partial charge in [-0.1, -0.05) is 55.8 Å². The fourth-order valence-electron chi connectivity index (χ4n) is 2.82. The SMILES string of the molecule is BrC(/C=C/C(Br)=C1CCCCC1)=C1CCCCC1. The molecule has 0 N–H and O–H groups in total. The average Bonchev–Trinajstić information content (AvgIpc) is 2.46. The minimum atomic E-state index is 1.28. The molecule has 2 aliphatic carbocycles. The van der Waals surface area contributed by atoms with E-state index in [0.29, 0.717) is 0 Å². The molecule has 0 aliphatic heterocycles. The first kappa shape index (κ1) is 14.6. The van der Waals surface area contributed by atoms with Gasteiger partial charge in [-0.15, -0.1) is 0 Å². The van der Waals surface area contributed by atoms with E-state index in [4.69, 9.17) is 0 Å². The van der Waals surface area contributed by atoms with E-state index < -0.39 is 0 Å². The van der Waals surface area contributed by atoms with Crippen LogP contribution in [0.2, 0.25) is 0 Å². The maximum atomic E-state index is 3.74. The van der Waals surface area contributed by atoms with Gasteiger partial charge in [0.15, 0.2) is 0 Å². The van der Waals surface area contributed by atoms with Gasteiger partial charge in [-0.3, -0.25) is 0 Å². The first-order valence-electron chi connectivity index (χ1n) is 7.20. The van der Waals surface area contributed by atoms with Crippen molar-refractivity contribution < 1.29 is 0 Å². The smallest absolute Gasteiger partial charge is 0.0167 e. The Labute approximate surface area is 128 Å². The van der Waals surface area contributed by atoms with Crippen molar-refractivity contribution >= 4 is 31.9 Å². The normalized spacial score (nSPS) is 21.4. The van der Waals surface area contributed by atoms with E-state index in [1.54, 1.807) is 11.1 Å². The van der Waals surface area contributed by atoms with E-state index in [0.717, 1.165) is 0 Å². The Morgan fingerprint density at radius 2 is 0.944 bits per heavy atom. The highest BCUT2D eigenvalue weighted by Crippen LogP contribution is 2.31. The minimum Gasteiger partial charge on any atom is -0.0560 e. The molecule has 2 rings (SSSR count). The Bertz CT molecular complexity index is 323. The molecule has 100 valence electrons. The molecule has 0 heterocycles. The van der Waals surface area contributed by atoms with Gasteiger partial charge in [0.1, 0.15) is 0 Å². The predicted molar refractivity (Wildman–Crippen MR) is 87.2 cm³/mol. The van der Waals surface area contributed by atoms with Crippen LogP contribution in [-0.2, 0) is 0 Å². The van der Waals surface area contributed by atoms with Crippen molar-refractivity contribution in [2.24, 2.45) is 0 Å². The van der Waals surface area contributed by atoms with Crippen molar-refractivity contribution in [3.05, 3.63) is 32.3 Å². The molecule has 2 saturated carbocycles. The Kier molecular flexibility index (Phi) is 6.23. The minimum absolute atomic E-state index is 1.28. The van der Waals surface area contributed by atoms with Crippen molar-refractivity contribution in [3.63, 3.8) is 0 Å². The third kappa shape index (κ3) is 4.38. The zero-order valence-corrected chi connectivity index (χ0v) is 14.2. The van der Waals surface area contributed by atoms with Crippen LogP contribution >= 0.6 is 31.9 Å². The van der Waals surface area contributed by atoms with Gasteiger partial charge in [0, 0.05) is 8.96 Å². The summed E-state index contributed by atoms with van der Waals surface area (Å²) in [6.07, 6.45) is 17.8. The van der Waals surface area contributed by atoms with E-state index in [1.807, 2.05) is 0 Å². The Balaban J connectivity index is 2.00. The number of allylic oxidation sites excluding steroid dienone is 6. The molecule has 18 heavy (non-hydrogen) atoms. The van der Waals surface area contributed by atoms with Crippen LogP contribution in [0.1, 0.15) is 64.2 Å². The molecule has 0 aromatic carbocycles. The second-order valence-electron chi connectivity index (χ2n) is 5.36. The van der Waals surface area contributed by atoms with Crippen molar-refractivity contribution in [3.8, 4) is 0 Å². The van der Waals surface area contributed by atoms with Crippen LogP contribution < -0.4 is 0 Å². The van der Waals surface area contributed by atoms with E-state index in [2.05, 4.69) is 44.0 Å². The third-order valence-electron chi connectivity index (χ3n) is 3.97. The lowest BCUT2D eigenvalue weighted by atomic mass is 9.94. The molecule has 0 atom stereocenters. The van der Waals surface area contributed by atoms with E-state index in [9.17, 15) is 0 Å². The highest BCUT2D eigenvalue weighted by molar-refractivity contribution is 9.12. The van der Waals surface area contributed by atoms with Gasteiger partial charge >= 0.3 is 0 Å². The van der Waals surface area contributed by atoms with Crippen LogP contribution in [0.5, 0.6) is 0 Å². The molecule has 0 aromatic rings. The summed E-state index contributed by atoms with van der Waals surface area (Å²) < 4.78 is 2.63. The zero-order chi connectivity index (χ0) is 12.8. The van der Waals surface area contributed by atoms with Crippen molar-refractivity contribution in [2.45, 2.75) is 64.2 Å². The maximum absolute atomic E-state index is 3.74. The first-order chi connectivity index (χ1) is 8.77. The lowest BCUT2D eigenvalue weighted by Gasteiger charge is -2.15. The Morgan fingerprint density at radius 3 is 1.28 bits per heavy atom. The lowest BCUT2D eigenvalue weighted by Crippen LogP contribution is -1.95. The summed E-state index contributed by atoms with van der Waals surface area (Å²) in [6, 6.07) is 0. The molecular weight excluding hydrogens is 352 g/mol. The van der Waals surface area contributed by atoms with Crippen LogP contribution in [0.4, 0.5) is 0 Å². The summed E-state index contributed by atoms with van der Waals surface area (Å²) in [6.45, 7) is 0. The summed E-state index contributed by atoms with van der Waals surface area (Å²) in [4.78, 5) is 0. The molecule has 2 fully saturated rings. The maximum Gasteiger partial charge on any atom is 0.0167 e. The monoisotopic (exact) mass is 372 g/mol. The number of rotatable bonds is 2. The molecule has 0 saturated heterocycles. The number of hydrogen-bond acceptors (Lipinski definition) is 0. The molecule has 0 nitrogen and oxygen atoms in total. The van der Waals surface area contributed by atoms with E-state index in [-0.39, 0.29) is 0 Å². The average molecular weight is 374 g/mol. The highest BCUT2D eigenvalue weighted by atomic mass is 79.9. The molecule has 0 radical (unpaired) electrons. The summed E-state index contributed by atoms with van der Waals surface area (Å²) >= 11 is 7.48. The molecule has 2 heteroatoms. The summed E-state index contributed by atoms with van der Waals surface area (Å²) in [5.41, 5.74) is 3.21. The van der Waals surface area contributed by atoms with Gasteiger partial charge in [0.05, 0.1) is 0 Å². The quantitative estimate of drug-likeness (QED) is 0.501. The van der Waals surface area contributed by atoms with Crippen LogP contribution in [0.3, 0.4) is 0 Å². The Hall–Kier alpha value is 0.180. The molecule has 0 spiro atoms. The standard InChI is InChI=1S/C16H22Br2/c17-15(13-7-3-1-4-8-13)11-12-16(18)14-9-5-2-6-10-14/h11-12H,1-10H2/b12-11+. The van der Waals surface area contributed by atoms with Gasteiger partial charge in [0.2, 0.25) is 0 Å². The van der Waals surface area contributed by atoms with Crippen molar-refractivity contribution in [1.82, 2.24) is 0 Å². The second-order valence-corrected chi connectivity index (χ2v) is 7.07. The summed E-state index contributed by atoms with van der Waals surface area (Å²) in [7, 11) is 0. The highest BCUT2D eigenvalue weighted by Gasteiger charge is 2.09. The van der Waals surface area contributed by atoms with Crippen LogP contribution in [-0.4, -0.2) is 0 Å². The van der Waals surface area contributed by atoms with Crippen LogP contribution in [0.25, 0.3) is 0 Å². The second kappa shape index (κ2) is 7.69. The van der Waals surface area contributed by atoms with Gasteiger partial charge in [-0.05, 0) is 63.5 Å². The third-order valence-corrected chi connectivity index (χ3v) is 5.62. The van der Waals surface area contributed by atoms with Crippen molar-refractivity contribution in [2.75, 3.05) is 0 Å². The van der Waals surface area contributed by atoms with Crippen molar-refractivity contribution in [1.29, 1.82) is 0 Å². The van der Waals surface area contributed by atoms with Gasteiger partial charge in [0.25, 0.3) is 0 Å². The molecular formula is C16H22Br2. The van der Waals surface area contributed by atoms with Crippen LogP contribution in [0, 0.1) is 0 Å². The lowest BCUT2D eigenvalue weighted by molar-refractivity contribution is 0.598. The van der Waals surface area contributed by atoms with Gasteiger partial charge in [-0.25, -0.2) is 0 Å². The van der Waals surface area contributed by atoms with E-state index in [1.165, 1.54) is 73.2 Å². The fraction of sp³-hybridized carbons (Fsp3) is 0.625. The van der Waals surface area contributed by atoms with Gasteiger partial charge < -0.3 is 0 Å². The van der Waals surface area contributed by atoms with Gasteiger partial charge in [-0.2, -0.15) is 0 Å². The first-order valence-corrected chi connectivity index (χ1v) is 8.79. The number of halogens is 2. The molecule has 0 bridgehead atoms. The molecule has 0 unspecified atom stereocenters. The summed E-state index contributed by atoms with van der Waals surface area (Å²) in [5, 5.41) is 0. The molecule has 0 aromatic heterocycles. The number of hydrogen-bond donors (Lipinski definition) is 0.